The van der Waals surface area contributed by atoms with Crippen LogP contribution in [0.3, 0.4) is 0 Å². The second-order valence-electron chi connectivity index (χ2n) is 6.04. The van der Waals surface area contributed by atoms with Gasteiger partial charge in [-0.3, -0.25) is 14.3 Å². The Kier molecular flexibility index (Phi) is 5.64. The molecule has 10 heteroatoms. The monoisotopic (exact) mass is 414 g/mol. The van der Waals surface area contributed by atoms with Crippen molar-refractivity contribution in [3.8, 4) is 17.0 Å². The number of methoxy groups -OCH3 is 1. The number of hydrogen-bond acceptors (Lipinski definition) is 6. The van der Waals surface area contributed by atoms with Gasteiger partial charge in [0.25, 0.3) is 15.6 Å². The summed E-state index contributed by atoms with van der Waals surface area (Å²) in [6, 6.07) is 13.6. The lowest BCUT2D eigenvalue weighted by molar-refractivity contribution is -0.114. The van der Waals surface area contributed by atoms with Crippen LogP contribution in [0.4, 0.5) is 11.4 Å². The predicted octanol–water partition coefficient (Wildman–Crippen LogP) is 2.20. The lowest BCUT2D eigenvalue weighted by atomic mass is 10.1. The molecule has 3 N–H and O–H groups in total. The maximum atomic E-state index is 12.9. The molecule has 0 aliphatic heterocycles. The average Bonchev–Trinajstić information content (AvgIpc) is 2.69. The normalized spacial score (nSPS) is 11.0. The minimum atomic E-state index is -3.99. The number of rotatable bonds is 6. The fourth-order valence-electron chi connectivity index (χ4n) is 2.59. The van der Waals surface area contributed by atoms with E-state index in [1.807, 2.05) is 0 Å². The van der Waals surface area contributed by atoms with E-state index in [0.29, 0.717) is 22.6 Å². The maximum absolute atomic E-state index is 12.9. The molecule has 2 aromatic carbocycles. The number of carbonyl (C=O) groups excluding carboxylic acids is 1. The molecule has 0 bridgehead atoms. The van der Waals surface area contributed by atoms with Crippen LogP contribution >= 0.6 is 0 Å². The van der Waals surface area contributed by atoms with Gasteiger partial charge in [-0.25, -0.2) is 13.5 Å². The quantitative estimate of drug-likeness (QED) is 0.567. The van der Waals surface area contributed by atoms with Crippen LogP contribution in [0.25, 0.3) is 11.3 Å². The molecule has 0 spiro atoms. The number of nitrogens with zero attached hydrogens (tertiary/aromatic N) is 1. The van der Waals surface area contributed by atoms with Gasteiger partial charge in [0.05, 0.1) is 12.8 Å². The number of nitrogens with one attached hydrogen (secondary N) is 3. The van der Waals surface area contributed by atoms with Crippen molar-refractivity contribution in [2.24, 2.45) is 0 Å². The lowest BCUT2D eigenvalue weighted by Crippen LogP contribution is -2.14. The number of H-pyrrole nitrogens is 1. The molecule has 29 heavy (non-hydrogen) atoms. The number of hydrogen-bond donors (Lipinski definition) is 3. The van der Waals surface area contributed by atoms with Gasteiger partial charge in [-0.1, -0.05) is 0 Å². The molecule has 0 saturated heterocycles. The number of sulfonamides is 1. The molecular weight excluding hydrogens is 396 g/mol. The number of carbonyl (C=O) groups is 1. The molecule has 3 rings (SSSR count). The number of amides is 1. The van der Waals surface area contributed by atoms with Gasteiger partial charge < -0.3 is 10.1 Å². The highest BCUT2D eigenvalue weighted by molar-refractivity contribution is 7.92. The van der Waals surface area contributed by atoms with Gasteiger partial charge >= 0.3 is 0 Å². The third-order valence-electron chi connectivity index (χ3n) is 3.89. The van der Waals surface area contributed by atoms with E-state index in [-0.39, 0.29) is 22.1 Å². The van der Waals surface area contributed by atoms with Crippen molar-refractivity contribution in [3.05, 3.63) is 65.0 Å². The van der Waals surface area contributed by atoms with Gasteiger partial charge in [-0.2, -0.15) is 5.10 Å². The SMILES string of the molecule is COc1ccc(-c2ccc(=O)[nH]n2)cc1S(=O)(=O)Nc1ccc(NC(C)=O)cc1. The third kappa shape index (κ3) is 4.79. The number of aromatic amines is 1. The average molecular weight is 414 g/mol. The van der Waals surface area contributed by atoms with E-state index in [9.17, 15) is 18.0 Å². The fraction of sp³-hybridized carbons (Fsp3) is 0.105. The van der Waals surface area contributed by atoms with Crippen LogP contribution in [0.5, 0.6) is 5.75 Å². The van der Waals surface area contributed by atoms with Gasteiger partial charge in [0.1, 0.15) is 10.6 Å². The standard InChI is InChI=1S/C19H18N4O5S/c1-12(24)20-14-4-6-15(7-5-14)23-29(26,27)18-11-13(3-9-17(18)28-2)16-8-10-19(25)22-21-16/h3-11,23H,1-2H3,(H,20,24)(H,22,25). The van der Waals surface area contributed by atoms with Crippen LogP contribution in [0.1, 0.15) is 6.92 Å². The van der Waals surface area contributed by atoms with E-state index >= 15 is 0 Å². The summed E-state index contributed by atoms with van der Waals surface area (Å²) in [4.78, 5) is 22.2. The van der Waals surface area contributed by atoms with E-state index in [0.717, 1.165) is 0 Å². The van der Waals surface area contributed by atoms with Crippen LogP contribution in [-0.4, -0.2) is 31.6 Å². The summed E-state index contributed by atoms with van der Waals surface area (Å²) in [5, 5.41) is 8.83. The van der Waals surface area contributed by atoms with Crippen LogP contribution < -0.4 is 20.3 Å². The van der Waals surface area contributed by atoms with Crippen molar-refractivity contribution in [2.75, 3.05) is 17.1 Å². The van der Waals surface area contributed by atoms with E-state index in [1.165, 1.54) is 50.4 Å². The molecule has 1 amide bonds. The largest absolute Gasteiger partial charge is 0.495 e. The van der Waals surface area contributed by atoms with Gasteiger partial charge in [-0.15, -0.1) is 0 Å². The summed E-state index contributed by atoms with van der Waals surface area (Å²) in [6.07, 6.45) is 0. The number of benzene rings is 2. The summed E-state index contributed by atoms with van der Waals surface area (Å²) >= 11 is 0. The molecule has 0 aliphatic carbocycles. The zero-order valence-electron chi connectivity index (χ0n) is 15.6. The molecule has 1 aromatic heterocycles. The van der Waals surface area contributed by atoms with Crippen molar-refractivity contribution in [3.63, 3.8) is 0 Å². The Balaban J connectivity index is 1.94. The summed E-state index contributed by atoms with van der Waals surface area (Å²) in [5.74, 6) is -0.0729. The van der Waals surface area contributed by atoms with Crippen molar-refractivity contribution < 1.29 is 17.9 Å². The van der Waals surface area contributed by atoms with Crippen molar-refractivity contribution in [2.45, 2.75) is 11.8 Å². The number of ether oxygens (including phenoxy) is 1. The fourth-order valence-corrected chi connectivity index (χ4v) is 3.84. The van der Waals surface area contributed by atoms with Crippen LogP contribution in [0, 0.1) is 0 Å². The Morgan fingerprint density at radius 1 is 1.03 bits per heavy atom. The Hall–Kier alpha value is -3.66. The number of aromatic nitrogens is 2. The topological polar surface area (TPSA) is 130 Å². The van der Waals surface area contributed by atoms with E-state index in [1.54, 1.807) is 18.2 Å². The van der Waals surface area contributed by atoms with Crippen LogP contribution in [-0.2, 0) is 14.8 Å². The second kappa shape index (κ2) is 8.15. The molecule has 0 radical (unpaired) electrons. The molecular formula is C19H18N4O5S. The van der Waals surface area contributed by atoms with Gasteiger partial charge in [0.15, 0.2) is 0 Å². The van der Waals surface area contributed by atoms with Crippen molar-refractivity contribution in [1.82, 2.24) is 10.2 Å². The highest BCUT2D eigenvalue weighted by atomic mass is 32.2. The molecule has 0 atom stereocenters. The smallest absolute Gasteiger partial charge is 0.265 e. The minimum Gasteiger partial charge on any atom is -0.495 e. The van der Waals surface area contributed by atoms with E-state index in [2.05, 4.69) is 20.2 Å². The molecule has 150 valence electrons. The van der Waals surface area contributed by atoms with E-state index < -0.39 is 10.0 Å². The Labute approximate surface area is 166 Å². The summed E-state index contributed by atoms with van der Waals surface area (Å²) in [7, 11) is -2.62. The molecule has 0 saturated carbocycles. The van der Waals surface area contributed by atoms with Crippen molar-refractivity contribution in [1.29, 1.82) is 0 Å². The molecule has 0 aliphatic rings. The van der Waals surface area contributed by atoms with Gasteiger partial charge in [-0.05, 0) is 48.5 Å². The second-order valence-corrected chi connectivity index (χ2v) is 7.69. The first-order valence-electron chi connectivity index (χ1n) is 8.43. The minimum absolute atomic E-state index is 0.0866. The van der Waals surface area contributed by atoms with Crippen LogP contribution in [0.15, 0.2) is 64.3 Å². The highest BCUT2D eigenvalue weighted by Crippen LogP contribution is 2.30. The Morgan fingerprint density at radius 2 is 1.72 bits per heavy atom. The van der Waals surface area contributed by atoms with Crippen molar-refractivity contribution >= 4 is 27.3 Å². The Bertz CT molecular complexity index is 1180. The van der Waals surface area contributed by atoms with Gasteiger partial charge in [0, 0.05) is 29.9 Å². The van der Waals surface area contributed by atoms with E-state index in [4.69, 9.17) is 4.74 Å². The molecule has 0 fully saturated rings. The summed E-state index contributed by atoms with van der Waals surface area (Å²) in [6.45, 7) is 1.38. The number of anilines is 2. The molecule has 9 nitrogen and oxygen atoms in total. The summed E-state index contributed by atoms with van der Waals surface area (Å²) in [5.41, 5.74) is 1.39. The maximum Gasteiger partial charge on any atom is 0.265 e. The van der Waals surface area contributed by atoms with Crippen LogP contribution in [0.2, 0.25) is 0 Å². The predicted molar refractivity (Wildman–Crippen MR) is 108 cm³/mol. The highest BCUT2D eigenvalue weighted by Gasteiger charge is 2.21. The first-order valence-corrected chi connectivity index (χ1v) is 9.91. The Morgan fingerprint density at radius 3 is 2.31 bits per heavy atom. The van der Waals surface area contributed by atoms with Gasteiger partial charge in [0.2, 0.25) is 5.91 Å². The lowest BCUT2D eigenvalue weighted by Gasteiger charge is -2.13. The first kappa shape index (κ1) is 20.1. The summed E-state index contributed by atoms with van der Waals surface area (Å²) < 4.78 is 33.6. The third-order valence-corrected chi connectivity index (χ3v) is 5.29. The zero-order valence-corrected chi connectivity index (χ0v) is 16.4. The molecule has 0 unspecified atom stereocenters. The zero-order chi connectivity index (χ0) is 21.0. The molecule has 3 aromatic rings. The molecule has 1 heterocycles. The first-order chi connectivity index (χ1) is 13.8.